The Kier molecular flexibility index (Phi) is 9.69. The van der Waals surface area contributed by atoms with E-state index in [0.29, 0.717) is 29.2 Å². The maximum Gasteiger partial charge on any atom is 0.242 e. The quantitative estimate of drug-likeness (QED) is 0.128. The first-order chi connectivity index (χ1) is 21.3. The van der Waals surface area contributed by atoms with Crippen molar-refractivity contribution >= 4 is 32.9 Å². The smallest absolute Gasteiger partial charge is 0.242 e. The van der Waals surface area contributed by atoms with Gasteiger partial charge in [-0.05, 0) is 64.7 Å². The van der Waals surface area contributed by atoms with Gasteiger partial charge in [-0.3, -0.25) is 4.79 Å². The van der Waals surface area contributed by atoms with Crippen molar-refractivity contribution in [2.75, 3.05) is 7.11 Å². The summed E-state index contributed by atoms with van der Waals surface area (Å²) >= 11 is 0. The number of nitrogens with zero attached hydrogens (tertiary/aromatic N) is 1. The van der Waals surface area contributed by atoms with Gasteiger partial charge in [0.2, 0.25) is 15.9 Å². The van der Waals surface area contributed by atoms with Gasteiger partial charge < -0.3 is 9.47 Å². The van der Waals surface area contributed by atoms with Crippen LogP contribution in [-0.4, -0.2) is 27.6 Å². The van der Waals surface area contributed by atoms with Gasteiger partial charge in [-0.15, -0.1) is 0 Å². The lowest BCUT2D eigenvalue weighted by molar-refractivity contribution is -0.121. The number of methoxy groups -OCH3 is 1. The highest BCUT2D eigenvalue weighted by Gasteiger charge is 2.23. The molecule has 9 heteroatoms. The summed E-state index contributed by atoms with van der Waals surface area (Å²) in [6.07, 6.45) is 1.33. The minimum absolute atomic E-state index is 0.126. The highest BCUT2D eigenvalue weighted by molar-refractivity contribution is 7.89. The van der Waals surface area contributed by atoms with Crippen LogP contribution in [0.25, 0.3) is 10.8 Å². The summed E-state index contributed by atoms with van der Waals surface area (Å²) in [6, 6.07) is 34.3. The molecule has 0 fully saturated rings. The first-order valence-electron chi connectivity index (χ1n) is 14.1. The molecule has 0 saturated heterocycles. The number of fused-ring (bicyclic) bond motifs is 1. The summed E-state index contributed by atoms with van der Waals surface area (Å²) < 4.78 is 40.5. The fraction of sp³-hybridized carbons (Fsp3) is 0.143. The maximum absolute atomic E-state index is 13.1. The van der Waals surface area contributed by atoms with E-state index in [9.17, 15) is 13.2 Å². The van der Waals surface area contributed by atoms with Crippen LogP contribution in [0.3, 0.4) is 0 Å². The Hall–Kier alpha value is -4.99. The molecule has 0 aromatic heterocycles. The molecule has 0 heterocycles. The summed E-state index contributed by atoms with van der Waals surface area (Å²) in [4.78, 5) is 13.0. The number of hydrogen-bond acceptors (Lipinski definition) is 6. The predicted octanol–water partition coefficient (Wildman–Crippen LogP) is 6.30. The van der Waals surface area contributed by atoms with E-state index in [0.717, 1.165) is 21.9 Å². The number of amides is 1. The Balaban J connectivity index is 1.23. The molecule has 0 radical (unpaired) electrons. The van der Waals surface area contributed by atoms with E-state index < -0.39 is 22.0 Å². The summed E-state index contributed by atoms with van der Waals surface area (Å²) in [5.41, 5.74) is 5.85. The molecule has 2 N–H and O–H groups in total. The number of hydrazone groups is 1. The molecule has 8 nitrogen and oxygen atoms in total. The molecule has 0 aliphatic heterocycles. The van der Waals surface area contributed by atoms with Gasteiger partial charge in [-0.25, -0.2) is 18.6 Å². The number of hydrogen-bond donors (Lipinski definition) is 2. The van der Waals surface area contributed by atoms with E-state index in [-0.39, 0.29) is 11.3 Å². The number of nitrogens with one attached hydrogen (secondary N) is 2. The molecule has 5 aromatic carbocycles. The van der Waals surface area contributed by atoms with Crippen LogP contribution >= 0.6 is 0 Å². The Bertz CT molecular complexity index is 1870. The minimum atomic E-state index is -3.87. The largest absolute Gasteiger partial charge is 0.493 e. The number of aryl methyl sites for hydroxylation is 1. The van der Waals surface area contributed by atoms with Crippen LogP contribution in [0.2, 0.25) is 0 Å². The van der Waals surface area contributed by atoms with Crippen molar-refractivity contribution in [2.45, 2.75) is 30.9 Å². The second-order valence-electron chi connectivity index (χ2n) is 10.2. The van der Waals surface area contributed by atoms with Gasteiger partial charge in [-0.2, -0.15) is 5.10 Å². The maximum atomic E-state index is 13.1. The summed E-state index contributed by atoms with van der Waals surface area (Å²) in [5, 5.41) is 6.36. The molecule has 1 amide bonds. The molecular formula is C35H33N3O5S. The molecule has 0 unspecified atom stereocenters. The average Bonchev–Trinajstić information content (AvgIpc) is 3.04. The highest BCUT2D eigenvalue weighted by Crippen LogP contribution is 2.29. The third-order valence-electron chi connectivity index (χ3n) is 7.07. The van der Waals surface area contributed by atoms with Gasteiger partial charge >= 0.3 is 0 Å². The van der Waals surface area contributed by atoms with E-state index in [2.05, 4.69) is 33.4 Å². The van der Waals surface area contributed by atoms with Crippen LogP contribution < -0.4 is 19.6 Å². The third-order valence-corrected chi connectivity index (χ3v) is 8.56. The fourth-order valence-corrected chi connectivity index (χ4v) is 5.98. The topological polar surface area (TPSA) is 106 Å². The molecule has 1 atom stereocenters. The molecule has 0 bridgehead atoms. The molecule has 5 aromatic rings. The van der Waals surface area contributed by atoms with E-state index in [4.69, 9.17) is 9.47 Å². The Morgan fingerprint density at radius 1 is 0.864 bits per heavy atom. The molecule has 0 aliphatic carbocycles. The molecule has 0 aliphatic rings. The van der Waals surface area contributed by atoms with Crippen LogP contribution in [0.15, 0.2) is 125 Å². The van der Waals surface area contributed by atoms with Crippen molar-refractivity contribution in [2.24, 2.45) is 5.10 Å². The number of carbonyl (C=O) groups excluding carboxylic acids is 1. The summed E-state index contributed by atoms with van der Waals surface area (Å²) in [7, 11) is -2.31. The van der Waals surface area contributed by atoms with Gasteiger partial charge in [0.05, 0.1) is 24.3 Å². The fourth-order valence-electron chi connectivity index (χ4n) is 4.75. The standard InChI is InChI=1S/C35H33N3O5S/c1-25-15-18-30(19-16-25)44(40,41)38-32(28-10-4-3-5-11-28)22-35(39)37-36-23-26-17-20-33(34(21-26)42-2)43-24-29-13-8-12-27-9-6-7-14-31(27)29/h3-21,23,32,38H,22,24H2,1-2H3,(H,37,39)/b36-23-/t32-/m0/s1. The number of ether oxygens (including phenoxy) is 2. The van der Waals surface area contributed by atoms with E-state index >= 15 is 0 Å². The zero-order chi connectivity index (χ0) is 30.9. The lowest BCUT2D eigenvalue weighted by Gasteiger charge is -2.18. The first-order valence-corrected chi connectivity index (χ1v) is 15.5. The number of benzene rings is 5. The monoisotopic (exact) mass is 607 g/mol. The zero-order valence-electron chi connectivity index (χ0n) is 24.4. The summed E-state index contributed by atoms with van der Waals surface area (Å²) in [6.45, 7) is 2.25. The third kappa shape index (κ3) is 7.69. The van der Waals surface area contributed by atoms with E-state index in [1.54, 1.807) is 61.7 Å². The van der Waals surface area contributed by atoms with Gasteiger partial charge in [-0.1, -0.05) is 90.5 Å². The van der Waals surface area contributed by atoms with E-state index in [1.807, 2.05) is 37.3 Å². The lowest BCUT2D eigenvalue weighted by Crippen LogP contribution is -2.32. The number of rotatable bonds is 12. The van der Waals surface area contributed by atoms with Gasteiger partial charge in [0, 0.05) is 6.42 Å². The van der Waals surface area contributed by atoms with Crippen LogP contribution in [0.5, 0.6) is 11.5 Å². The molecule has 44 heavy (non-hydrogen) atoms. The van der Waals surface area contributed by atoms with Crippen molar-refractivity contribution in [3.63, 3.8) is 0 Å². The Morgan fingerprint density at radius 3 is 2.36 bits per heavy atom. The first kappa shape index (κ1) is 30.5. The van der Waals surface area contributed by atoms with Crippen molar-refractivity contribution in [1.29, 1.82) is 0 Å². The van der Waals surface area contributed by atoms with Crippen molar-refractivity contribution < 1.29 is 22.7 Å². The van der Waals surface area contributed by atoms with Gasteiger partial charge in [0.25, 0.3) is 0 Å². The molecule has 224 valence electrons. The van der Waals surface area contributed by atoms with Crippen LogP contribution in [-0.2, 0) is 21.4 Å². The Labute approximate surface area is 257 Å². The number of carbonyl (C=O) groups is 1. The van der Waals surface area contributed by atoms with Crippen molar-refractivity contribution in [3.05, 3.63) is 138 Å². The predicted molar refractivity (Wildman–Crippen MR) is 172 cm³/mol. The van der Waals surface area contributed by atoms with Crippen LogP contribution in [0.4, 0.5) is 0 Å². The average molecular weight is 608 g/mol. The minimum Gasteiger partial charge on any atom is -0.493 e. The number of sulfonamides is 1. The van der Waals surface area contributed by atoms with Crippen LogP contribution in [0, 0.1) is 6.92 Å². The van der Waals surface area contributed by atoms with Crippen molar-refractivity contribution in [1.82, 2.24) is 10.1 Å². The molecule has 0 saturated carbocycles. The molecular weight excluding hydrogens is 574 g/mol. The Morgan fingerprint density at radius 2 is 1.59 bits per heavy atom. The van der Waals surface area contributed by atoms with Gasteiger partial charge in [0.15, 0.2) is 11.5 Å². The van der Waals surface area contributed by atoms with E-state index in [1.165, 1.54) is 18.3 Å². The highest BCUT2D eigenvalue weighted by atomic mass is 32.2. The molecule has 0 spiro atoms. The van der Waals surface area contributed by atoms with Crippen molar-refractivity contribution in [3.8, 4) is 11.5 Å². The normalized spacial score (nSPS) is 12.2. The zero-order valence-corrected chi connectivity index (χ0v) is 25.3. The van der Waals surface area contributed by atoms with Crippen LogP contribution in [0.1, 0.15) is 34.7 Å². The molecule has 5 rings (SSSR count). The second-order valence-corrected chi connectivity index (χ2v) is 11.9. The SMILES string of the molecule is COc1cc(/C=N\NC(=O)C[C@H](NS(=O)(=O)c2ccc(C)cc2)c2ccccc2)ccc1OCc1cccc2ccccc12. The summed E-state index contributed by atoms with van der Waals surface area (Å²) in [5.74, 6) is 0.645. The second kappa shape index (κ2) is 14.0. The lowest BCUT2D eigenvalue weighted by atomic mass is 10.0. The van der Waals surface area contributed by atoms with Gasteiger partial charge in [0.1, 0.15) is 6.61 Å².